The lowest BCUT2D eigenvalue weighted by Crippen LogP contribution is -2.62. The third kappa shape index (κ3) is 3.72. The number of hydrogen-bond acceptors (Lipinski definition) is 4. The largest absolute Gasteiger partial charge is 0.331 e. The van der Waals surface area contributed by atoms with Crippen LogP contribution in [0.1, 0.15) is 45.4 Å². The summed E-state index contributed by atoms with van der Waals surface area (Å²) in [6, 6.07) is 0.261. The summed E-state index contributed by atoms with van der Waals surface area (Å²) in [5, 5.41) is 6.79. The van der Waals surface area contributed by atoms with Crippen LogP contribution in [-0.2, 0) is 4.79 Å². The van der Waals surface area contributed by atoms with E-state index in [1.54, 1.807) is 0 Å². The maximum absolute atomic E-state index is 12.2. The minimum Gasteiger partial charge on any atom is -0.331 e. The Balaban J connectivity index is 1.94. The number of amides is 2. The molecule has 6 heteroatoms. The van der Waals surface area contributed by atoms with Crippen molar-refractivity contribution < 1.29 is 9.59 Å². The number of hydrogen-bond donors (Lipinski definition) is 2. The third-order valence-corrected chi connectivity index (χ3v) is 5.59. The number of urea groups is 1. The predicted molar refractivity (Wildman–Crippen MR) is 86.5 cm³/mol. The Labute approximate surface area is 131 Å². The third-order valence-electron chi connectivity index (χ3n) is 4.37. The molecule has 5 nitrogen and oxygen atoms in total. The average Bonchev–Trinajstić information content (AvgIpc) is 2.97. The van der Waals surface area contributed by atoms with Crippen LogP contribution >= 0.6 is 11.8 Å². The quantitative estimate of drug-likeness (QED) is 0.368. The first-order chi connectivity index (χ1) is 10.2. The van der Waals surface area contributed by atoms with Crippen molar-refractivity contribution >= 4 is 24.1 Å². The molecule has 0 bridgehead atoms. The molecule has 2 rings (SSSR count). The Morgan fingerprint density at radius 2 is 2.29 bits per heavy atom. The van der Waals surface area contributed by atoms with Crippen LogP contribution in [0.3, 0.4) is 0 Å². The zero-order valence-electron chi connectivity index (χ0n) is 12.9. The average molecular weight is 313 g/mol. The van der Waals surface area contributed by atoms with Crippen LogP contribution < -0.4 is 10.6 Å². The normalized spacial score (nSPS) is 27.8. The highest BCUT2D eigenvalue weighted by atomic mass is 32.2. The Kier molecular flexibility index (Phi) is 6.36. The molecule has 0 aromatic carbocycles. The summed E-state index contributed by atoms with van der Waals surface area (Å²) in [6.45, 7) is 3.90. The van der Waals surface area contributed by atoms with E-state index in [2.05, 4.69) is 17.6 Å². The summed E-state index contributed by atoms with van der Waals surface area (Å²) in [6.07, 6.45) is 6.88. The first-order valence-corrected chi connectivity index (χ1v) is 9.24. The molecular formula is C15H27N3O2S. The molecule has 21 heavy (non-hydrogen) atoms. The first-order valence-electron chi connectivity index (χ1n) is 8.09. The maximum atomic E-state index is 12.2. The second-order valence-electron chi connectivity index (χ2n) is 5.89. The fraction of sp³-hybridized carbons (Fsp3) is 0.867. The molecule has 2 aliphatic heterocycles. The molecular weight excluding hydrogens is 286 g/mol. The smallest absolute Gasteiger partial charge is 0.319 e. The van der Waals surface area contributed by atoms with Gasteiger partial charge >= 0.3 is 6.03 Å². The van der Waals surface area contributed by atoms with E-state index >= 15 is 0 Å². The van der Waals surface area contributed by atoms with Gasteiger partial charge in [-0.15, -0.1) is 0 Å². The first kappa shape index (κ1) is 16.6. The van der Waals surface area contributed by atoms with Crippen molar-refractivity contribution in [3.63, 3.8) is 0 Å². The second kappa shape index (κ2) is 8.03. The zero-order valence-corrected chi connectivity index (χ0v) is 13.7. The molecule has 2 atom stereocenters. The van der Waals surface area contributed by atoms with Crippen molar-refractivity contribution in [3.8, 4) is 0 Å². The highest BCUT2D eigenvalue weighted by Gasteiger charge is 2.55. The van der Waals surface area contributed by atoms with Crippen molar-refractivity contribution in [2.45, 2.75) is 57.2 Å². The molecule has 0 radical (unpaired) electrons. The molecule has 2 unspecified atom stereocenters. The molecule has 0 aromatic rings. The van der Waals surface area contributed by atoms with Crippen molar-refractivity contribution in [2.24, 2.45) is 0 Å². The van der Waals surface area contributed by atoms with E-state index in [9.17, 15) is 9.59 Å². The second-order valence-corrected chi connectivity index (χ2v) is 6.92. The van der Waals surface area contributed by atoms with Gasteiger partial charge in [-0.25, -0.2) is 4.79 Å². The van der Waals surface area contributed by atoms with Crippen LogP contribution in [-0.4, -0.2) is 53.5 Å². The van der Waals surface area contributed by atoms with E-state index in [-0.39, 0.29) is 17.7 Å². The van der Waals surface area contributed by atoms with E-state index in [0.29, 0.717) is 6.42 Å². The van der Waals surface area contributed by atoms with Gasteiger partial charge in [-0.05, 0) is 25.8 Å². The standard InChI is InChI=1S/C15H27N3O2S/c1-2-3-5-8-16-15-12-21-11-13(15)17-14(20)18(15)9-6-4-7-10-19/h10,13,16H,2-9,11-12H2,1H3,(H,17,20). The number of unbranched alkanes of at least 4 members (excludes halogenated alkanes) is 4. The van der Waals surface area contributed by atoms with Gasteiger partial charge in [-0.1, -0.05) is 19.8 Å². The fourth-order valence-electron chi connectivity index (χ4n) is 3.15. The van der Waals surface area contributed by atoms with Crippen molar-refractivity contribution in [2.75, 3.05) is 24.6 Å². The van der Waals surface area contributed by atoms with Crippen LogP contribution in [0.15, 0.2) is 0 Å². The van der Waals surface area contributed by atoms with Gasteiger partial charge in [-0.3, -0.25) is 5.32 Å². The Morgan fingerprint density at radius 3 is 3.05 bits per heavy atom. The van der Waals surface area contributed by atoms with Gasteiger partial charge in [0.1, 0.15) is 11.9 Å². The summed E-state index contributed by atoms with van der Waals surface area (Å²) in [4.78, 5) is 24.6. The summed E-state index contributed by atoms with van der Waals surface area (Å²) in [7, 11) is 0. The Morgan fingerprint density at radius 1 is 1.43 bits per heavy atom. The van der Waals surface area contributed by atoms with Crippen LogP contribution in [0.25, 0.3) is 0 Å². The minimum absolute atomic E-state index is 0.0504. The number of thioether (sulfide) groups is 1. The van der Waals surface area contributed by atoms with Crippen molar-refractivity contribution in [1.82, 2.24) is 15.5 Å². The van der Waals surface area contributed by atoms with Crippen molar-refractivity contribution in [3.05, 3.63) is 0 Å². The van der Waals surface area contributed by atoms with Crippen LogP contribution in [0.4, 0.5) is 4.79 Å². The van der Waals surface area contributed by atoms with Crippen LogP contribution in [0, 0.1) is 0 Å². The Bertz CT molecular complexity index is 367. The van der Waals surface area contributed by atoms with E-state index in [1.807, 2.05) is 16.7 Å². The van der Waals surface area contributed by atoms with E-state index in [1.165, 1.54) is 12.8 Å². The van der Waals surface area contributed by atoms with Gasteiger partial charge in [0.15, 0.2) is 0 Å². The van der Waals surface area contributed by atoms with E-state index < -0.39 is 0 Å². The highest BCUT2D eigenvalue weighted by Crippen LogP contribution is 2.36. The number of aldehydes is 1. The number of nitrogens with zero attached hydrogens (tertiary/aromatic N) is 1. The maximum Gasteiger partial charge on any atom is 0.319 e. The minimum atomic E-state index is -0.212. The summed E-state index contributed by atoms with van der Waals surface area (Å²) in [5.41, 5.74) is -0.212. The predicted octanol–water partition coefficient (Wildman–Crippen LogP) is 1.97. The lowest BCUT2D eigenvalue weighted by Gasteiger charge is -2.37. The molecule has 120 valence electrons. The van der Waals surface area contributed by atoms with Gasteiger partial charge in [0, 0.05) is 24.5 Å². The summed E-state index contributed by atoms with van der Waals surface area (Å²) < 4.78 is 0. The molecule has 2 heterocycles. The number of rotatable bonds is 10. The van der Waals surface area contributed by atoms with Gasteiger partial charge in [-0.2, -0.15) is 11.8 Å². The highest BCUT2D eigenvalue weighted by molar-refractivity contribution is 7.99. The molecule has 2 amide bonds. The van der Waals surface area contributed by atoms with Crippen molar-refractivity contribution in [1.29, 1.82) is 0 Å². The lowest BCUT2D eigenvalue weighted by atomic mass is 10.0. The van der Waals surface area contributed by atoms with E-state index in [4.69, 9.17) is 0 Å². The molecule has 0 aromatic heterocycles. The number of nitrogens with one attached hydrogen (secondary N) is 2. The number of carbonyl (C=O) groups is 2. The lowest BCUT2D eigenvalue weighted by molar-refractivity contribution is -0.107. The van der Waals surface area contributed by atoms with Gasteiger partial charge < -0.3 is 15.0 Å². The Hall–Kier alpha value is -0.750. The number of fused-ring (bicyclic) bond motifs is 1. The molecule has 2 fully saturated rings. The molecule has 0 aliphatic carbocycles. The molecule has 0 spiro atoms. The van der Waals surface area contributed by atoms with E-state index in [0.717, 1.165) is 50.1 Å². The van der Waals surface area contributed by atoms with Crippen LogP contribution in [0.2, 0.25) is 0 Å². The zero-order chi connectivity index (χ0) is 15.1. The summed E-state index contributed by atoms with van der Waals surface area (Å²) in [5.74, 6) is 1.94. The van der Waals surface area contributed by atoms with Gasteiger partial charge in [0.2, 0.25) is 0 Å². The molecule has 2 saturated heterocycles. The topological polar surface area (TPSA) is 61.4 Å². The SMILES string of the molecule is CCCCCNC12CSCC1NC(=O)N2CCCCC=O. The molecule has 2 aliphatic rings. The molecule has 0 saturated carbocycles. The number of carbonyl (C=O) groups excluding carboxylic acids is 2. The summed E-state index contributed by atoms with van der Waals surface area (Å²) >= 11 is 1.90. The molecule has 2 N–H and O–H groups in total. The fourth-order valence-corrected chi connectivity index (χ4v) is 4.64. The van der Waals surface area contributed by atoms with Gasteiger partial charge in [0.05, 0.1) is 6.04 Å². The monoisotopic (exact) mass is 313 g/mol. The van der Waals surface area contributed by atoms with Gasteiger partial charge in [0.25, 0.3) is 0 Å². The van der Waals surface area contributed by atoms with Crippen LogP contribution in [0.5, 0.6) is 0 Å².